The molecule has 0 aromatic carbocycles. The minimum absolute atomic E-state index is 0.250. The molecule has 0 saturated heterocycles. The minimum Gasteiger partial charge on any atom is -0.449 e. The Balaban J connectivity index is 4.19. The van der Waals surface area contributed by atoms with Crippen LogP contribution < -0.4 is 10.7 Å². The molecule has 1 unspecified atom stereocenters. The molecule has 2 amide bonds. The molecule has 2 N–H and O–H groups in total. The molecule has 0 aliphatic carbocycles. The second-order valence-electron chi connectivity index (χ2n) is 2.56. The smallest absolute Gasteiger partial charge is 0.427 e. The van der Waals surface area contributed by atoms with Crippen molar-refractivity contribution in [2.24, 2.45) is 5.10 Å². The number of hydrogen-bond acceptors (Lipinski definition) is 4. The number of nitrogens with zero attached hydrogens (tertiary/aromatic N) is 1. The quantitative estimate of drug-likeness (QED) is 0.422. The summed E-state index contributed by atoms with van der Waals surface area (Å²) in [5.74, 6) is -0.386. The van der Waals surface area contributed by atoms with Gasteiger partial charge in [-0.2, -0.15) is 5.10 Å². The molecule has 0 saturated carbocycles. The average molecular weight is 236 g/mol. The van der Waals surface area contributed by atoms with E-state index in [4.69, 9.17) is 11.6 Å². The van der Waals surface area contributed by atoms with Crippen LogP contribution in [0.3, 0.4) is 0 Å². The van der Waals surface area contributed by atoms with Gasteiger partial charge in [0.15, 0.2) is 5.38 Å². The van der Waals surface area contributed by atoms with E-state index in [1.165, 1.54) is 14.0 Å². The summed E-state index contributed by atoms with van der Waals surface area (Å²) in [6.07, 6.45) is -0.683. The highest BCUT2D eigenvalue weighted by Crippen LogP contribution is 1.98. The van der Waals surface area contributed by atoms with Crippen molar-refractivity contribution in [3.8, 4) is 0 Å². The third-order valence-electron chi connectivity index (χ3n) is 1.44. The Hall–Kier alpha value is -1.30. The van der Waals surface area contributed by atoms with E-state index >= 15 is 0 Å². The zero-order chi connectivity index (χ0) is 11.8. The lowest BCUT2D eigenvalue weighted by atomic mass is 10.3. The van der Waals surface area contributed by atoms with Gasteiger partial charge in [-0.15, -0.1) is 11.6 Å². The monoisotopic (exact) mass is 235 g/mol. The fourth-order valence-corrected chi connectivity index (χ4v) is 0.828. The van der Waals surface area contributed by atoms with Gasteiger partial charge in [0.25, 0.3) is 0 Å². The van der Waals surface area contributed by atoms with Crippen LogP contribution in [0.1, 0.15) is 13.8 Å². The Morgan fingerprint density at radius 2 is 2.13 bits per heavy atom. The molecule has 0 fully saturated rings. The van der Waals surface area contributed by atoms with Crippen molar-refractivity contribution in [2.75, 3.05) is 13.7 Å². The maximum Gasteiger partial charge on any atom is 0.427 e. The van der Waals surface area contributed by atoms with Gasteiger partial charge in [0.1, 0.15) is 0 Å². The average Bonchev–Trinajstić information content (AvgIpc) is 2.24. The molecule has 0 aliphatic rings. The number of hydrazone groups is 1. The van der Waals surface area contributed by atoms with E-state index in [9.17, 15) is 9.59 Å². The summed E-state index contributed by atoms with van der Waals surface area (Å²) in [6, 6.07) is 0. The van der Waals surface area contributed by atoms with Crippen molar-refractivity contribution in [1.29, 1.82) is 0 Å². The Labute approximate surface area is 93.0 Å². The number of alkyl halides is 1. The lowest BCUT2D eigenvalue weighted by Gasteiger charge is -2.07. The third-order valence-corrected chi connectivity index (χ3v) is 1.96. The normalized spacial score (nSPS) is 12.9. The summed E-state index contributed by atoms with van der Waals surface area (Å²) in [6.45, 7) is 3.45. The Morgan fingerprint density at radius 1 is 1.53 bits per heavy atom. The van der Waals surface area contributed by atoms with Gasteiger partial charge >= 0.3 is 6.09 Å². The predicted octanol–water partition coefficient (Wildman–Crippen LogP) is 0.462. The van der Waals surface area contributed by atoms with Crippen LogP contribution in [0, 0.1) is 0 Å². The highest BCUT2D eigenvalue weighted by Gasteiger charge is 2.17. The molecule has 0 spiro atoms. The molecule has 0 aromatic rings. The Bertz CT molecular complexity index is 268. The maximum atomic E-state index is 11.1. The lowest BCUT2D eigenvalue weighted by Crippen LogP contribution is -2.34. The fourth-order valence-electron chi connectivity index (χ4n) is 0.670. The lowest BCUT2D eigenvalue weighted by molar-refractivity contribution is -0.119. The first-order valence-electron chi connectivity index (χ1n) is 4.35. The SMILES string of the molecule is CCOC(=O)NN=C(C)C(Cl)C(=O)NC. The highest BCUT2D eigenvalue weighted by molar-refractivity contribution is 6.42. The summed E-state index contributed by atoms with van der Waals surface area (Å²) < 4.78 is 4.56. The summed E-state index contributed by atoms with van der Waals surface area (Å²) in [7, 11) is 1.46. The largest absolute Gasteiger partial charge is 0.449 e. The van der Waals surface area contributed by atoms with Crippen molar-refractivity contribution in [2.45, 2.75) is 19.2 Å². The molecule has 0 aromatic heterocycles. The van der Waals surface area contributed by atoms with Crippen LogP contribution in [-0.2, 0) is 9.53 Å². The van der Waals surface area contributed by atoms with E-state index in [1.807, 2.05) is 0 Å². The second kappa shape index (κ2) is 7.05. The van der Waals surface area contributed by atoms with Crippen LogP contribution in [0.2, 0.25) is 0 Å². The number of amides is 2. The zero-order valence-corrected chi connectivity index (χ0v) is 9.59. The summed E-state index contributed by atoms with van der Waals surface area (Å²) in [5, 5.41) is 5.07. The zero-order valence-electron chi connectivity index (χ0n) is 8.83. The molecular weight excluding hydrogens is 222 g/mol. The summed E-state index contributed by atoms with van der Waals surface area (Å²) in [4.78, 5) is 21.9. The van der Waals surface area contributed by atoms with Gasteiger partial charge in [0.05, 0.1) is 12.3 Å². The Morgan fingerprint density at radius 3 is 2.60 bits per heavy atom. The van der Waals surface area contributed by atoms with Gasteiger partial charge in [-0.05, 0) is 13.8 Å². The first kappa shape index (κ1) is 13.7. The molecule has 0 bridgehead atoms. The summed E-state index contributed by atoms with van der Waals surface area (Å²) >= 11 is 5.71. The maximum absolute atomic E-state index is 11.1. The number of halogens is 1. The highest BCUT2D eigenvalue weighted by atomic mass is 35.5. The summed E-state index contributed by atoms with van der Waals surface area (Å²) in [5.41, 5.74) is 2.39. The van der Waals surface area contributed by atoms with Gasteiger partial charge in [0.2, 0.25) is 5.91 Å². The molecule has 0 radical (unpaired) electrons. The van der Waals surface area contributed by atoms with Crippen molar-refractivity contribution in [3.63, 3.8) is 0 Å². The molecule has 6 nitrogen and oxygen atoms in total. The number of carbonyl (C=O) groups is 2. The number of hydrogen-bond donors (Lipinski definition) is 2. The minimum atomic E-state index is -0.906. The van der Waals surface area contributed by atoms with Crippen LogP contribution >= 0.6 is 11.6 Å². The van der Waals surface area contributed by atoms with Crippen molar-refractivity contribution < 1.29 is 14.3 Å². The number of nitrogens with one attached hydrogen (secondary N) is 2. The third kappa shape index (κ3) is 5.21. The van der Waals surface area contributed by atoms with E-state index in [-0.39, 0.29) is 18.2 Å². The van der Waals surface area contributed by atoms with Gasteiger partial charge in [-0.1, -0.05) is 0 Å². The van der Waals surface area contributed by atoms with Crippen molar-refractivity contribution in [1.82, 2.24) is 10.7 Å². The van der Waals surface area contributed by atoms with Crippen molar-refractivity contribution in [3.05, 3.63) is 0 Å². The molecule has 0 heterocycles. The predicted molar refractivity (Wildman–Crippen MR) is 57.0 cm³/mol. The fraction of sp³-hybridized carbons (Fsp3) is 0.625. The first-order valence-corrected chi connectivity index (χ1v) is 4.79. The molecule has 15 heavy (non-hydrogen) atoms. The standard InChI is InChI=1S/C8H14ClN3O3/c1-4-15-8(14)12-11-5(2)6(9)7(13)10-3/h6H,4H2,1-3H3,(H,10,13)(H,12,14). The van der Waals surface area contributed by atoms with Crippen LogP contribution in [0.15, 0.2) is 5.10 Å². The van der Waals surface area contributed by atoms with Gasteiger partial charge in [-0.25, -0.2) is 10.2 Å². The Kier molecular flexibility index (Phi) is 6.44. The van der Waals surface area contributed by atoms with E-state index in [0.717, 1.165) is 0 Å². The molecule has 1 atom stereocenters. The van der Waals surface area contributed by atoms with Gasteiger partial charge in [0, 0.05) is 7.05 Å². The van der Waals surface area contributed by atoms with Crippen molar-refractivity contribution >= 4 is 29.3 Å². The van der Waals surface area contributed by atoms with Crippen LogP contribution in [0.5, 0.6) is 0 Å². The number of ether oxygens (including phenoxy) is 1. The van der Waals surface area contributed by atoms with Gasteiger partial charge in [-0.3, -0.25) is 4.79 Å². The number of rotatable bonds is 4. The van der Waals surface area contributed by atoms with Crippen LogP contribution in [0.25, 0.3) is 0 Å². The van der Waals surface area contributed by atoms with Gasteiger partial charge < -0.3 is 10.1 Å². The molecule has 0 aliphatic heterocycles. The van der Waals surface area contributed by atoms with E-state index in [1.54, 1.807) is 6.92 Å². The van der Waals surface area contributed by atoms with E-state index in [2.05, 4.69) is 20.6 Å². The second-order valence-corrected chi connectivity index (χ2v) is 3.00. The first-order chi connectivity index (χ1) is 7.02. The molecule has 0 rings (SSSR count). The molecular formula is C8H14ClN3O3. The molecule has 86 valence electrons. The molecule has 7 heteroatoms. The van der Waals surface area contributed by atoms with E-state index < -0.39 is 11.5 Å². The topological polar surface area (TPSA) is 79.8 Å². The number of carbonyl (C=O) groups excluding carboxylic acids is 2. The van der Waals surface area contributed by atoms with Crippen LogP contribution in [0.4, 0.5) is 4.79 Å². The van der Waals surface area contributed by atoms with Crippen LogP contribution in [-0.4, -0.2) is 36.7 Å². The van der Waals surface area contributed by atoms with E-state index in [0.29, 0.717) is 0 Å².